The van der Waals surface area contributed by atoms with Crippen LogP contribution in [0, 0.1) is 0 Å². The second kappa shape index (κ2) is 6.23. The number of aromatic nitrogens is 2. The summed E-state index contributed by atoms with van der Waals surface area (Å²) in [4.78, 5) is 12.9. The van der Waals surface area contributed by atoms with Gasteiger partial charge in [0.05, 0.1) is 0 Å². The Morgan fingerprint density at radius 3 is 2.82 bits per heavy atom. The monoisotopic (exact) mass is 321 g/mol. The number of anilines is 1. The fourth-order valence-electron chi connectivity index (χ4n) is 2.50. The summed E-state index contributed by atoms with van der Waals surface area (Å²) in [7, 11) is 0. The Morgan fingerprint density at radius 1 is 1.36 bits per heavy atom. The van der Waals surface area contributed by atoms with E-state index in [1.807, 2.05) is 17.0 Å². The first kappa shape index (κ1) is 14.6. The summed E-state index contributed by atoms with van der Waals surface area (Å²) < 4.78 is 5.71. The Morgan fingerprint density at radius 2 is 2.14 bits per heavy atom. The van der Waals surface area contributed by atoms with Gasteiger partial charge in [0.25, 0.3) is 0 Å². The minimum absolute atomic E-state index is 0.101. The molecule has 3 rings (SSSR count). The van der Waals surface area contributed by atoms with E-state index in [9.17, 15) is 4.79 Å². The summed E-state index contributed by atoms with van der Waals surface area (Å²) in [6.07, 6.45) is 1.58. The van der Waals surface area contributed by atoms with Crippen LogP contribution >= 0.6 is 11.6 Å². The number of nitrogens with one attached hydrogen (secondary N) is 1. The average molecular weight is 322 g/mol. The molecule has 7 nitrogen and oxygen atoms in total. The maximum atomic E-state index is 10.9. The normalized spacial score (nSPS) is 15.8. The molecule has 1 aliphatic heterocycles. The van der Waals surface area contributed by atoms with Crippen LogP contribution in [0.25, 0.3) is 11.5 Å². The second-order valence-electron chi connectivity index (χ2n) is 5.17. The zero-order valence-electron chi connectivity index (χ0n) is 11.8. The maximum absolute atomic E-state index is 10.9. The fraction of sp³-hybridized carbons (Fsp3) is 0.357. The number of halogens is 1. The van der Waals surface area contributed by atoms with E-state index in [2.05, 4.69) is 15.5 Å². The average Bonchev–Trinajstić information content (AvgIpc) is 2.97. The van der Waals surface area contributed by atoms with Gasteiger partial charge in [-0.05, 0) is 31.0 Å². The van der Waals surface area contributed by atoms with E-state index in [4.69, 9.17) is 21.8 Å². The molecule has 2 amide bonds. The molecule has 0 aliphatic carbocycles. The van der Waals surface area contributed by atoms with Crippen LogP contribution in [0.2, 0.25) is 5.02 Å². The van der Waals surface area contributed by atoms with Gasteiger partial charge in [-0.15, -0.1) is 5.10 Å². The van der Waals surface area contributed by atoms with Gasteiger partial charge in [-0.1, -0.05) is 22.8 Å². The van der Waals surface area contributed by atoms with Crippen LogP contribution in [0.4, 0.5) is 10.8 Å². The Kier molecular flexibility index (Phi) is 4.15. The minimum Gasteiger partial charge on any atom is -0.403 e. The molecule has 3 N–H and O–H groups in total. The smallest absolute Gasteiger partial charge is 0.318 e. The number of urea groups is 1. The van der Waals surface area contributed by atoms with Gasteiger partial charge in [0.2, 0.25) is 5.89 Å². The van der Waals surface area contributed by atoms with Crippen LogP contribution in [-0.2, 0) is 0 Å². The SMILES string of the molecule is NC(=O)NC1CCN(c2nnc(-c3cccc(Cl)c3)o2)CC1. The zero-order chi connectivity index (χ0) is 15.5. The molecule has 0 spiro atoms. The minimum atomic E-state index is -0.487. The highest BCUT2D eigenvalue weighted by atomic mass is 35.5. The number of rotatable bonds is 3. The van der Waals surface area contributed by atoms with E-state index >= 15 is 0 Å². The molecule has 116 valence electrons. The molecule has 0 atom stereocenters. The number of nitrogens with zero attached hydrogens (tertiary/aromatic N) is 3. The second-order valence-corrected chi connectivity index (χ2v) is 5.61. The van der Waals surface area contributed by atoms with Gasteiger partial charge in [0, 0.05) is 29.7 Å². The van der Waals surface area contributed by atoms with Crippen molar-refractivity contribution in [3.8, 4) is 11.5 Å². The fourth-order valence-corrected chi connectivity index (χ4v) is 2.69. The van der Waals surface area contributed by atoms with Crippen LogP contribution in [0.15, 0.2) is 28.7 Å². The molecule has 1 aromatic heterocycles. The third-order valence-electron chi connectivity index (χ3n) is 3.60. The lowest BCUT2D eigenvalue weighted by Crippen LogP contribution is -2.46. The largest absolute Gasteiger partial charge is 0.403 e. The zero-order valence-corrected chi connectivity index (χ0v) is 12.6. The lowest BCUT2D eigenvalue weighted by Gasteiger charge is -2.30. The van der Waals surface area contributed by atoms with Crippen LogP contribution in [-0.4, -0.2) is 35.4 Å². The molecule has 2 heterocycles. The highest BCUT2D eigenvalue weighted by molar-refractivity contribution is 6.30. The number of piperidine rings is 1. The third-order valence-corrected chi connectivity index (χ3v) is 3.83. The van der Waals surface area contributed by atoms with E-state index in [1.165, 1.54) is 0 Å². The molecule has 8 heteroatoms. The number of nitrogens with two attached hydrogens (primary N) is 1. The van der Waals surface area contributed by atoms with Gasteiger partial charge in [0.1, 0.15) is 0 Å². The molecule has 0 bridgehead atoms. The summed E-state index contributed by atoms with van der Waals surface area (Å²) in [6, 6.07) is 7.37. The van der Waals surface area contributed by atoms with Crippen molar-refractivity contribution in [3.05, 3.63) is 29.3 Å². The topological polar surface area (TPSA) is 97.3 Å². The number of hydrogen-bond acceptors (Lipinski definition) is 5. The molecule has 0 unspecified atom stereocenters. The van der Waals surface area contributed by atoms with Crippen molar-refractivity contribution in [1.29, 1.82) is 0 Å². The van der Waals surface area contributed by atoms with Gasteiger partial charge < -0.3 is 20.4 Å². The van der Waals surface area contributed by atoms with Crippen LogP contribution in [0.3, 0.4) is 0 Å². The summed E-state index contributed by atoms with van der Waals surface area (Å²) in [5.74, 6) is 0.440. The first-order chi connectivity index (χ1) is 10.6. The van der Waals surface area contributed by atoms with E-state index in [-0.39, 0.29) is 6.04 Å². The molecule has 1 fully saturated rings. The Balaban J connectivity index is 1.66. The predicted octanol–water partition coefficient (Wildman–Crippen LogP) is 2.03. The standard InChI is InChI=1S/C14H16ClN5O2/c15-10-3-1-2-9(8-10)12-18-19-14(22-12)20-6-4-11(5-7-20)17-13(16)21/h1-3,8,11H,4-7H2,(H3,16,17,21). The molecule has 1 saturated heterocycles. The Labute approximate surface area is 132 Å². The van der Waals surface area contributed by atoms with Gasteiger partial charge in [0.15, 0.2) is 0 Å². The van der Waals surface area contributed by atoms with E-state index in [0.717, 1.165) is 31.5 Å². The van der Waals surface area contributed by atoms with Crippen molar-refractivity contribution in [1.82, 2.24) is 15.5 Å². The van der Waals surface area contributed by atoms with E-state index < -0.39 is 6.03 Å². The van der Waals surface area contributed by atoms with Crippen LogP contribution in [0.5, 0.6) is 0 Å². The van der Waals surface area contributed by atoms with Gasteiger partial charge in [-0.3, -0.25) is 0 Å². The Bertz CT molecular complexity index is 667. The van der Waals surface area contributed by atoms with Gasteiger partial charge in [-0.2, -0.15) is 0 Å². The van der Waals surface area contributed by atoms with Crippen LogP contribution < -0.4 is 16.0 Å². The summed E-state index contributed by atoms with van der Waals surface area (Å²) in [5.41, 5.74) is 5.92. The van der Waals surface area contributed by atoms with Crippen molar-refractivity contribution < 1.29 is 9.21 Å². The van der Waals surface area contributed by atoms with Crippen molar-refractivity contribution in [3.63, 3.8) is 0 Å². The first-order valence-electron chi connectivity index (χ1n) is 7.02. The molecule has 1 aliphatic rings. The molecule has 0 radical (unpaired) electrons. The summed E-state index contributed by atoms with van der Waals surface area (Å²) in [5, 5.41) is 11.5. The number of carbonyl (C=O) groups excluding carboxylic acids is 1. The maximum Gasteiger partial charge on any atom is 0.318 e. The first-order valence-corrected chi connectivity index (χ1v) is 7.40. The molecule has 22 heavy (non-hydrogen) atoms. The van der Waals surface area contributed by atoms with E-state index in [1.54, 1.807) is 12.1 Å². The number of amides is 2. The third kappa shape index (κ3) is 3.30. The van der Waals surface area contributed by atoms with Crippen molar-refractivity contribution in [2.45, 2.75) is 18.9 Å². The lowest BCUT2D eigenvalue weighted by atomic mass is 10.1. The molecular formula is C14H16ClN5O2. The highest BCUT2D eigenvalue weighted by Crippen LogP contribution is 2.25. The van der Waals surface area contributed by atoms with Crippen molar-refractivity contribution in [2.24, 2.45) is 5.73 Å². The molecule has 2 aromatic rings. The molecule has 0 saturated carbocycles. The lowest BCUT2D eigenvalue weighted by molar-refractivity contribution is 0.242. The molecular weight excluding hydrogens is 306 g/mol. The number of primary amides is 1. The summed E-state index contributed by atoms with van der Waals surface area (Å²) >= 11 is 5.96. The van der Waals surface area contributed by atoms with Gasteiger partial charge in [-0.25, -0.2) is 4.79 Å². The Hall–Kier alpha value is -2.28. The number of hydrogen-bond donors (Lipinski definition) is 2. The predicted molar refractivity (Wildman–Crippen MR) is 82.7 cm³/mol. The summed E-state index contributed by atoms with van der Waals surface area (Å²) in [6.45, 7) is 1.45. The highest BCUT2D eigenvalue weighted by Gasteiger charge is 2.23. The number of benzene rings is 1. The van der Waals surface area contributed by atoms with Crippen molar-refractivity contribution >= 4 is 23.6 Å². The number of carbonyl (C=O) groups is 1. The quantitative estimate of drug-likeness (QED) is 0.901. The van der Waals surface area contributed by atoms with Crippen LogP contribution in [0.1, 0.15) is 12.8 Å². The van der Waals surface area contributed by atoms with E-state index in [0.29, 0.717) is 16.9 Å². The van der Waals surface area contributed by atoms with Crippen molar-refractivity contribution in [2.75, 3.05) is 18.0 Å². The molecule has 1 aromatic carbocycles. The van der Waals surface area contributed by atoms with Gasteiger partial charge >= 0.3 is 12.0 Å².